The van der Waals surface area contributed by atoms with Crippen molar-refractivity contribution in [1.82, 2.24) is 9.97 Å². The molecule has 20 heavy (non-hydrogen) atoms. The zero-order valence-corrected chi connectivity index (χ0v) is 12.9. The molecule has 2 aromatic rings. The van der Waals surface area contributed by atoms with Gasteiger partial charge in [-0.2, -0.15) is 11.3 Å². The Morgan fingerprint density at radius 3 is 2.60 bits per heavy atom. The van der Waals surface area contributed by atoms with E-state index in [2.05, 4.69) is 58.3 Å². The van der Waals surface area contributed by atoms with Crippen LogP contribution in [0.2, 0.25) is 0 Å². The smallest absolute Gasteiger partial charge is 0.145 e. The van der Waals surface area contributed by atoms with Crippen LogP contribution in [-0.2, 0) is 6.42 Å². The van der Waals surface area contributed by atoms with Crippen LogP contribution in [0.4, 0.5) is 11.6 Å². The summed E-state index contributed by atoms with van der Waals surface area (Å²) in [5.41, 5.74) is 3.93. The van der Waals surface area contributed by atoms with Crippen LogP contribution in [0.3, 0.4) is 0 Å². The van der Waals surface area contributed by atoms with E-state index in [-0.39, 0.29) is 5.92 Å². The molecule has 4 N–H and O–H groups in total. The van der Waals surface area contributed by atoms with E-state index in [0.717, 1.165) is 18.1 Å². The van der Waals surface area contributed by atoms with E-state index >= 15 is 0 Å². The van der Waals surface area contributed by atoms with Crippen molar-refractivity contribution >= 4 is 23.0 Å². The predicted octanol–water partition coefficient (Wildman–Crippen LogP) is 2.99. The van der Waals surface area contributed by atoms with Crippen LogP contribution in [0.5, 0.6) is 0 Å². The predicted molar refractivity (Wildman–Crippen MR) is 85.0 cm³/mol. The van der Waals surface area contributed by atoms with Crippen molar-refractivity contribution in [2.75, 3.05) is 10.7 Å². The first-order valence-electron chi connectivity index (χ1n) is 6.71. The van der Waals surface area contributed by atoms with Crippen LogP contribution in [-0.4, -0.2) is 16.0 Å². The fourth-order valence-electron chi connectivity index (χ4n) is 1.94. The van der Waals surface area contributed by atoms with Crippen LogP contribution in [0.15, 0.2) is 22.9 Å². The van der Waals surface area contributed by atoms with Crippen molar-refractivity contribution < 1.29 is 0 Å². The number of aromatic nitrogens is 2. The number of hydrogen-bond donors (Lipinski definition) is 3. The molecule has 0 amide bonds. The van der Waals surface area contributed by atoms with Crippen molar-refractivity contribution in [2.45, 2.75) is 39.2 Å². The molecule has 0 aliphatic heterocycles. The summed E-state index contributed by atoms with van der Waals surface area (Å²) in [7, 11) is 0. The lowest BCUT2D eigenvalue weighted by atomic mass is 10.1. The lowest BCUT2D eigenvalue weighted by Gasteiger charge is -2.16. The number of nitrogen functional groups attached to an aromatic ring is 1. The van der Waals surface area contributed by atoms with Crippen molar-refractivity contribution in [3.63, 3.8) is 0 Å². The first-order valence-corrected chi connectivity index (χ1v) is 7.66. The van der Waals surface area contributed by atoms with Crippen molar-refractivity contribution in [3.05, 3.63) is 34.3 Å². The largest absolute Gasteiger partial charge is 0.367 e. The van der Waals surface area contributed by atoms with E-state index in [4.69, 9.17) is 5.84 Å². The molecule has 1 atom stereocenters. The Bertz CT molecular complexity index is 539. The summed E-state index contributed by atoms with van der Waals surface area (Å²) in [4.78, 5) is 8.88. The molecular formula is C14H21N5S. The maximum Gasteiger partial charge on any atom is 0.145 e. The molecule has 0 radical (unpaired) electrons. The van der Waals surface area contributed by atoms with Crippen molar-refractivity contribution in [1.29, 1.82) is 0 Å². The van der Waals surface area contributed by atoms with Crippen molar-refractivity contribution in [2.24, 2.45) is 5.84 Å². The Balaban J connectivity index is 2.09. The van der Waals surface area contributed by atoms with Crippen LogP contribution in [0, 0.1) is 0 Å². The average Bonchev–Trinajstić information content (AvgIpc) is 2.90. The molecule has 0 saturated carbocycles. The zero-order chi connectivity index (χ0) is 14.5. The van der Waals surface area contributed by atoms with E-state index < -0.39 is 0 Å². The fraction of sp³-hybridized carbons (Fsp3) is 0.429. The van der Waals surface area contributed by atoms with Gasteiger partial charge in [0.05, 0.1) is 0 Å². The van der Waals surface area contributed by atoms with Gasteiger partial charge in [-0.3, -0.25) is 0 Å². The van der Waals surface area contributed by atoms with E-state index in [1.165, 1.54) is 5.56 Å². The van der Waals surface area contributed by atoms with Gasteiger partial charge >= 0.3 is 0 Å². The maximum atomic E-state index is 5.46. The maximum absolute atomic E-state index is 5.46. The molecule has 6 heteroatoms. The highest BCUT2D eigenvalue weighted by molar-refractivity contribution is 7.07. The average molecular weight is 291 g/mol. The monoisotopic (exact) mass is 291 g/mol. The molecule has 0 bridgehead atoms. The topological polar surface area (TPSA) is 75.9 Å². The first kappa shape index (κ1) is 14.7. The van der Waals surface area contributed by atoms with E-state index in [1.54, 1.807) is 11.3 Å². The third-order valence-electron chi connectivity index (χ3n) is 2.92. The molecular weight excluding hydrogens is 270 g/mol. The number of anilines is 2. The fourth-order valence-corrected chi connectivity index (χ4v) is 2.62. The summed E-state index contributed by atoms with van der Waals surface area (Å²) in [5.74, 6) is 7.94. The summed E-state index contributed by atoms with van der Waals surface area (Å²) in [6, 6.07) is 4.27. The highest BCUT2D eigenvalue weighted by atomic mass is 32.1. The number of rotatable bonds is 6. The molecule has 0 spiro atoms. The van der Waals surface area contributed by atoms with E-state index in [9.17, 15) is 0 Å². The van der Waals surface area contributed by atoms with Gasteiger partial charge in [-0.15, -0.1) is 0 Å². The number of nitrogens with zero attached hydrogens (tertiary/aromatic N) is 2. The molecule has 0 fully saturated rings. The second kappa shape index (κ2) is 6.67. The molecule has 0 aromatic carbocycles. The highest BCUT2D eigenvalue weighted by Gasteiger charge is 2.10. The summed E-state index contributed by atoms with van der Waals surface area (Å²) < 4.78 is 0. The molecule has 1 unspecified atom stereocenters. The Morgan fingerprint density at radius 1 is 1.25 bits per heavy atom. The second-order valence-corrected chi connectivity index (χ2v) is 5.96. The minimum absolute atomic E-state index is 0.260. The van der Waals surface area contributed by atoms with Gasteiger partial charge in [-0.1, -0.05) is 13.8 Å². The molecule has 0 aliphatic carbocycles. The van der Waals surface area contributed by atoms with Gasteiger partial charge in [0, 0.05) is 18.0 Å². The number of nitrogens with one attached hydrogen (secondary N) is 2. The van der Waals surface area contributed by atoms with Gasteiger partial charge in [0.1, 0.15) is 17.5 Å². The quantitative estimate of drug-likeness (QED) is 0.563. The van der Waals surface area contributed by atoms with Crippen LogP contribution < -0.4 is 16.6 Å². The van der Waals surface area contributed by atoms with Gasteiger partial charge in [0.2, 0.25) is 0 Å². The van der Waals surface area contributed by atoms with Crippen LogP contribution in [0.25, 0.3) is 0 Å². The Hall–Kier alpha value is -1.66. The van der Waals surface area contributed by atoms with E-state index in [1.807, 2.05) is 6.07 Å². The summed E-state index contributed by atoms with van der Waals surface area (Å²) in [5, 5.41) is 7.68. The number of hydrogen-bond acceptors (Lipinski definition) is 6. The minimum atomic E-state index is 0.260. The normalized spacial score (nSPS) is 12.4. The summed E-state index contributed by atoms with van der Waals surface area (Å²) >= 11 is 1.72. The molecule has 108 valence electrons. The molecule has 2 rings (SSSR count). The number of hydrazine groups is 1. The minimum Gasteiger partial charge on any atom is -0.367 e. The zero-order valence-electron chi connectivity index (χ0n) is 12.1. The third kappa shape index (κ3) is 3.91. The third-order valence-corrected chi connectivity index (χ3v) is 3.66. The first-order chi connectivity index (χ1) is 9.58. The molecule has 2 aromatic heterocycles. The van der Waals surface area contributed by atoms with Gasteiger partial charge in [0.15, 0.2) is 0 Å². The number of nitrogens with two attached hydrogens (primary N) is 1. The van der Waals surface area contributed by atoms with Crippen molar-refractivity contribution in [3.8, 4) is 0 Å². The standard InChI is InChI=1S/C14H21N5S/c1-9(2)14-17-12(7-13(18-14)19-15)16-10(3)6-11-4-5-20-8-11/h4-5,7-10H,6,15H2,1-3H3,(H2,16,17,18,19). The molecule has 0 aliphatic rings. The highest BCUT2D eigenvalue weighted by Crippen LogP contribution is 2.18. The molecule has 2 heterocycles. The van der Waals surface area contributed by atoms with Gasteiger partial charge in [0.25, 0.3) is 0 Å². The van der Waals surface area contributed by atoms with E-state index in [0.29, 0.717) is 11.9 Å². The van der Waals surface area contributed by atoms with Crippen LogP contribution in [0.1, 0.15) is 38.1 Å². The van der Waals surface area contributed by atoms with Gasteiger partial charge in [-0.25, -0.2) is 15.8 Å². The van der Waals surface area contributed by atoms with Crippen LogP contribution >= 0.6 is 11.3 Å². The summed E-state index contributed by atoms with van der Waals surface area (Å²) in [6.45, 7) is 6.27. The molecule has 0 saturated heterocycles. The Kier molecular flexibility index (Phi) is 4.92. The molecule has 5 nitrogen and oxygen atoms in total. The van der Waals surface area contributed by atoms with Gasteiger partial charge in [-0.05, 0) is 35.7 Å². The summed E-state index contributed by atoms with van der Waals surface area (Å²) in [6.07, 6.45) is 0.968. The SMILES string of the molecule is CC(Cc1ccsc1)Nc1cc(NN)nc(C(C)C)n1. The Labute approximate surface area is 123 Å². The van der Waals surface area contributed by atoms with Gasteiger partial charge < -0.3 is 10.7 Å². The second-order valence-electron chi connectivity index (χ2n) is 5.18. The lowest BCUT2D eigenvalue weighted by molar-refractivity contribution is 0.755. The number of thiophene rings is 1. The Morgan fingerprint density at radius 2 is 2.00 bits per heavy atom. The lowest BCUT2D eigenvalue weighted by Crippen LogP contribution is -2.20.